The molecule has 1 amide bonds. The average molecular weight is 346 g/mol. The van der Waals surface area contributed by atoms with Gasteiger partial charge in [-0.25, -0.2) is 0 Å². The second-order valence-electron chi connectivity index (χ2n) is 6.37. The molecule has 0 bridgehead atoms. The Kier molecular flexibility index (Phi) is 5.88. The molecule has 1 aromatic carbocycles. The fourth-order valence-electron chi connectivity index (χ4n) is 3.34. The first-order valence-electron chi connectivity index (χ1n) is 8.75. The van der Waals surface area contributed by atoms with Gasteiger partial charge in [-0.2, -0.15) is 0 Å². The lowest BCUT2D eigenvalue weighted by molar-refractivity contribution is -0.0817. The largest absolute Gasteiger partial charge is 0.375 e. The Hall–Kier alpha value is -2.12. The van der Waals surface area contributed by atoms with Crippen LogP contribution < -0.4 is 11.1 Å². The van der Waals surface area contributed by atoms with Crippen molar-refractivity contribution < 1.29 is 14.3 Å². The van der Waals surface area contributed by atoms with Crippen LogP contribution in [0.15, 0.2) is 29.3 Å². The molecule has 25 heavy (non-hydrogen) atoms. The molecule has 2 aliphatic rings. The zero-order valence-electron chi connectivity index (χ0n) is 14.6. The van der Waals surface area contributed by atoms with E-state index in [4.69, 9.17) is 15.2 Å². The molecule has 0 aliphatic carbocycles. The highest BCUT2D eigenvalue weighted by atomic mass is 16.5. The summed E-state index contributed by atoms with van der Waals surface area (Å²) < 4.78 is 11.7. The smallest absolute Gasteiger partial charge is 0.248 e. The van der Waals surface area contributed by atoms with Crippen LogP contribution in [0.5, 0.6) is 0 Å². The minimum Gasteiger partial charge on any atom is -0.375 e. The number of ether oxygens (including phenoxy) is 2. The SMILES string of the molecule is CN=C(NCc1cccc(C(N)=O)c1)N1CCOC(C2CCCO2)C1. The van der Waals surface area contributed by atoms with Gasteiger partial charge in [0, 0.05) is 38.9 Å². The van der Waals surface area contributed by atoms with Gasteiger partial charge in [-0.05, 0) is 30.5 Å². The molecule has 3 N–H and O–H groups in total. The lowest BCUT2D eigenvalue weighted by Gasteiger charge is -2.37. The van der Waals surface area contributed by atoms with E-state index in [9.17, 15) is 4.79 Å². The first kappa shape index (κ1) is 17.7. The minimum atomic E-state index is -0.418. The predicted octanol–water partition coefficient (Wildman–Crippen LogP) is 0.741. The van der Waals surface area contributed by atoms with Gasteiger partial charge in [0.05, 0.1) is 12.7 Å². The average Bonchev–Trinajstić information content (AvgIpc) is 3.17. The lowest BCUT2D eigenvalue weighted by atomic mass is 10.1. The van der Waals surface area contributed by atoms with Crippen molar-refractivity contribution in [2.45, 2.75) is 31.6 Å². The molecule has 0 spiro atoms. The molecule has 2 fully saturated rings. The van der Waals surface area contributed by atoms with Crippen LogP contribution in [-0.2, 0) is 16.0 Å². The fourth-order valence-corrected chi connectivity index (χ4v) is 3.34. The predicted molar refractivity (Wildman–Crippen MR) is 95.4 cm³/mol. The standard InChI is InChI=1S/C18H26N4O3/c1-20-18(21-11-13-4-2-5-14(10-13)17(19)23)22-7-9-25-16(12-22)15-6-3-8-24-15/h2,4-5,10,15-16H,3,6-9,11-12H2,1H3,(H2,19,23)(H,20,21). The number of aliphatic imine (C=N–C) groups is 1. The van der Waals surface area contributed by atoms with Gasteiger partial charge >= 0.3 is 0 Å². The molecule has 2 atom stereocenters. The van der Waals surface area contributed by atoms with Crippen molar-refractivity contribution in [2.75, 3.05) is 33.4 Å². The Labute approximate surface area is 148 Å². The molecule has 7 nitrogen and oxygen atoms in total. The topological polar surface area (TPSA) is 89.2 Å². The van der Waals surface area contributed by atoms with E-state index < -0.39 is 5.91 Å². The van der Waals surface area contributed by atoms with Gasteiger partial charge in [0.1, 0.15) is 6.10 Å². The monoisotopic (exact) mass is 346 g/mol. The molecule has 2 unspecified atom stereocenters. The van der Waals surface area contributed by atoms with Crippen LogP contribution in [0, 0.1) is 0 Å². The summed E-state index contributed by atoms with van der Waals surface area (Å²) >= 11 is 0. The quantitative estimate of drug-likeness (QED) is 0.620. The normalized spacial score (nSPS) is 24.4. The number of rotatable bonds is 4. The maximum Gasteiger partial charge on any atom is 0.248 e. The molecule has 2 heterocycles. The summed E-state index contributed by atoms with van der Waals surface area (Å²) in [5.74, 6) is 0.412. The van der Waals surface area contributed by atoms with Crippen molar-refractivity contribution in [1.82, 2.24) is 10.2 Å². The molecule has 3 rings (SSSR count). The summed E-state index contributed by atoms with van der Waals surface area (Å²) in [7, 11) is 1.78. The van der Waals surface area contributed by atoms with Gasteiger partial charge in [0.2, 0.25) is 5.91 Å². The molecule has 2 saturated heterocycles. The highest BCUT2D eigenvalue weighted by Gasteiger charge is 2.32. The number of carbonyl (C=O) groups is 1. The maximum atomic E-state index is 11.3. The fraction of sp³-hybridized carbons (Fsp3) is 0.556. The van der Waals surface area contributed by atoms with E-state index in [0.29, 0.717) is 18.7 Å². The minimum absolute atomic E-state index is 0.0907. The summed E-state index contributed by atoms with van der Waals surface area (Å²) in [6.07, 6.45) is 2.44. The van der Waals surface area contributed by atoms with Gasteiger partial charge < -0.3 is 25.4 Å². The lowest BCUT2D eigenvalue weighted by Crippen LogP contribution is -2.53. The molecule has 0 aromatic heterocycles. The van der Waals surface area contributed by atoms with Gasteiger partial charge in [-0.15, -0.1) is 0 Å². The number of benzene rings is 1. The second kappa shape index (κ2) is 8.31. The van der Waals surface area contributed by atoms with Gasteiger partial charge in [-0.3, -0.25) is 9.79 Å². The summed E-state index contributed by atoms with van der Waals surface area (Å²) in [5, 5.41) is 3.36. The first-order valence-corrected chi connectivity index (χ1v) is 8.75. The van der Waals surface area contributed by atoms with Crippen LogP contribution in [0.4, 0.5) is 0 Å². The Morgan fingerprint density at radius 3 is 2.92 bits per heavy atom. The summed E-state index contributed by atoms with van der Waals surface area (Å²) in [5.41, 5.74) is 6.84. The Balaban J connectivity index is 1.58. The number of nitrogens with zero attached hydrogens (tertiary/aromatic N) is 2. The molecule has 0 radical (unpaired) electrons. The number of amides is 1. The van der Waals surface area contributed by atoms with Gasteiger partial charge in [-0.1, -0.05) is 12.1 Å². The van der Waals surface area contributed by atoms with E-state index in [1.54, 1.807) is 19.2 Å². The molecular weight excluding hydrogens is 320 g/mol. The molecule has 0 saturated carbocycles. The number of carbonyl (C=O) groups excluding carboxylic acids is 1. The van der Waals surface area contributed by atoms with Crippen molar-refractivity contribution in [2.24, 2.45) is 10.7 Å². The number of morpholine rings is 1. The number of nitrogens with two attached hydrogens (primary N) is 1. The molecular formula is C18H26N4O3. The zero-order chi connectivity index (χ0) is 17.6. The zero-order valence-corrected chi connectivity index (χ0v) is 14.6. The number of primary amides is 1. The van der Waals surface area contributed by atoms with Crippen LogP contribution in [0.2, 0.25) is 0 Å². The van der Waals surface area contributed by atoms with Crippen LogP contribution in [0.25, 0.3) is 0 Å². The molecule has 1 aromatic rings. The molecule has 2 aliphatic heterocycles. The first-order chi connectivity index (χ1) is 12.2. The van der Waals surface area contributed by atoms with Crippen LogP contribution in [0.3, 0.4) is 0 Å². The third-order valence-electron chi connectivity index (χ3n) is 4.65. The molecule has 7 heteroatoms. The van der Waals surface area contributed by atoms with E-state index in [0.717, 1.165) is 44.1 Å². The second-order valence-corrected chi connectivity index (χ2v) is 6.37. The number of guanidine groups is 1. The van der Waals surface area contributed by atoms with Crippen molar-refractivity contribution in [3.05, 3.63) is 35.4 Å². The van der Waals surface area contributed by atoms with Gasteiger partial charge in [0.15, 0.2) is 5.96 Å². The Morgan fingerprint density at radius 2 is 2.20 bits per heavy atom. The number of hydrogen-bond acceptors (Lipinski definition) is 4. The Morgan fingerprint density at radius 1 is 1.36 bits per heavy atom. The number of hydrogen-bond donors (Lipinski definition) is 2. The highest BCUT2D eigenvalue weighted by Crippen LogP contribution is 2.21. The third-order valence-corrected chi connectivity index (χ3v) is 4.65. The van der Waals surface area contributed by atoms with E-state index in [2.05, 4.69) is 15.2 Å². The third kappa shape index (κ3) is 4.49. The Bertz CT molecular complexity index is 629. The summed E-state index contributed by atoms with van der Waals surface area (Å²) in [4.78, 5) is 17.9. The number of nitrogens with one attached hydrogen (secondary N) is 1. The van der Waals surface area contributed by atoms with E-state index in [1.165, 1.54) is 0 Å². The van der Waals surface area contributed by atoms with E-state index in [-0.39, 0.29) is 12.2 Å². The maximum absolute atomic E-state index is 11.3. The van der Waals surface area contributed by atoms with Crippen molar-refractivity contribution in [1.29, 1.82) is 0 Å². The van der Waals surface area contributed by atoms with Crippen molar-refractivity contribution in [3.63, 3.8) is 0 Å². The molecule has 136 valence electrons. The van der Waals surface area contributed by atoms with Gasteiger partial charge in [0.25, 0.3) is 0 Å². The summed E-state index contributed by atoms with van der Waals surface area (Å²) in [6, 6.07) is 7.31. The van der Waals surface area contributed by atoms with Crippen LogP contribution >= 0.6 is 0 Å². The van der Waals surface area contributed by atoms with Crippen LogP contribution in [0.1, 0.15) is 28.8 Å². The van der Waals surface area contributed by atoms with E-state index >= 15 is 0 Å². The summed E-state index contributed by atoms with van der Waals surface area (Å²) in [6.45, 7) is 3.64. The highest BCUT2D eigenvalue weighted by molar-refractivity contribution is 5.92. The van der Waals surface area contributed by atoms with E-state index in [1.807, 2.05) is 12.1 Å². The van der Waals surface area contributed by atoms with Crippen molar-refractivity contribution >= 4 is 11.9 Å². The van der Waals surface area contributed by atoms with Crippen molar-refractivity contribution in [3.8, 4) is 0 Å². The van der Waals surface area contributed by atoms with Crippen LogP contribution in [-0.4, -0.2) is 62.3 Å².